The quantitative estimate of drug-likeness (QED) is 0.347. The van der Waals surface area contributed by atoms with E-state index in [1.165, 1.54) is 6.33 Å². The molecule has 2 aromatic heterocycles. The van der Waals surface area contributed by atoms with Crippen LogP contribution in [-0.4, -0.2) is 41.5 Å². The molecular formula is C27H24ClN7O3. The van der Waals surface area contributed by atoms with Gasteiger partial charge in [0.25, 0.3) is 5.56 Å². The maximum Gasteiger partial charge on any atom is 0.307 e. The van der Waals surface area contributed by atoms with Gasteiger partial charge in [-0.3, -0.25) is 9.59 Å². The lowest BCUT2D eigenvalue weighted by atomic mass is 10.00. The van der Waals surface area contributed by atoms with E-state index in [-0.39, 0.29) is 18.0 Å². The molecule has 2 aliphatic heterocycles. The van der Waals surface area contributed by atoms with Crippen LogP contribution in [0.15, 0.2) is 71.9 Å². The number of fused-ring (bicyclic) bond motifs is 1. The summed E-state index contributed by atoms with van der Waals surface area (Å²) in [6.07, 6.45) is 4.92. The van der Waals surface area contributed by atoms with Crippen LogP contribution in [0, 0.1) is 0 Å². The number of aliphatic carboxylic acids is 1. The van der Waals surface area contributed by atoms with Crippen molar-refractivity contribution in [3.63, 3.8) is 0 Å². The Morgan fingerprint density at radius 2 is 1.97 bits per heavy atom. The molecule has 2 atom stereocenters. The summed E-state index contributed by atoms with van der Waals surface area (Å²) >= 11 is 6.31. The second-order valence-corrected chi connectivity index (χ2v) is 10.1. The Bertz CT molecular complexity index is 1630. The fourth-order valence-corrected chi connectivity index (χ4v) is 5.57. The smallest absolute Gasteiger partial charge is 0.307 e. The molecule has 2 unspecified atom stereocenters. The van der Waals surface area contributed by atoms with Gasteiger partial charge in [0.05, 0.1) is 23.8 Å². The molecule has 0 aliphatic carbocycles. The van der Waals surface area contributed by atoms with Gasteiger partial charge >= 0.3 is 5.97 Å². The van der Waals surface area contributed by atoms with Crippen molar-refractivity contribution in [2.75, 3.05) is 0 Å². The van der Waals surface area contributed by atoms with Crippen LogP contribution >= 0.6 is 11.6 Å². The third kappa shape index (κ3) is 4.22. The second-order valence-electron chi connectivity index (χ2n) is 9.71. The first-order valence-electron chi connectivity index (χ1n) is 12.2. The topological polar surface area (TPSA) is 127 Å². The van der Waals surface area contributed by atoms with Crippen LogP contribution in [0.3, 0.4) is 0 Å². The summed E-state index contributed by atoms with van der Waals surface area (Å²) in [6, 6.07) is 16.4. The second kappa shape index (κ2) is 9.14. The molecule has 0 saturated carbocycles. The number of rotatable bonds is 6. The van der Waals surface area contributed by atoms with Gasteiger partial charge < -0.3 is 20.3 Å². The van der Waals surface area contributed by atoms with Gasteiger partial charge in [-0.25, -0.2) is 0 Å². The van der Waals surface area contributed by atoms with E-state index in [0.29, 0.717) is 5.02 Å². The number of nitrogens with zero attached hydrogens (tertiary/aromatic N) is 5. The Balaban J connectivity index is 1.29. The standard InChI is InChI=1S/C27H24ClN7O3/c1-27(29-14-22(31-27)17-4-2-16(3-5-17)10-26(37)38)24-9-7-20-11-18(12-25(36)35(20)24)21-13-19(28)6-8-23(21)34-15-30-32-33-34/h2-6,8,11-15,24,29,31H,7,9-10H2,1H3,(H,37,38). The van der Waals surface area contributed by atoms with E-state index < -0.39 is 11.6 Å². The fourth-order valence-electron chi connectivity index (χ4n) is 5.39. The first-order chi connectivity index (χ1) is 18.3. The summed E-state index contributed by atoms with van der Waals surface area (Å²) in [4.78, 5) is 24.5. The van der Waals surface area contributed by atoms with Crippen molar-refractivity contribution < 1.29 is 9.90 Å². The number of hydrogen-bond acceptors (Lipinski definition) is 7. The first kappa shape index (κ1) is 23.9. The number of halogens is 1. The largest absolute Gasteiger partial charge is 0.481 e. The molecule has 0 saturated heterocycles. The summed E-state index contributed by atoms with van der Waals surface area (Å²) < 4.78 is 3.41. The van der Waals surface area contributed by atoms with E-state index in [1.807, 2.05) is 60.2 Å². The molecule has 4 aromatic rings. The Kier molecular flexibility index (Phi) is 5.76. The number of aryl methyl sites for hydroxylation is 1. The van der Waals surface area contributed by atoms with Crippen molar-refractivity contribution in [1.29, 1.82) is 0 Å². The van der Waals surface area contributed by atoms with Crippen molar-refractivity contribution in [1.82, 2.24) is 35.4 Å². The minimum atomic E-state index is -0.860. The predicted molar refractivity (Wildman–Crippen MR) is 142 cm³/mol. The molecule has 10 nitrogen and oxygen atoms in total. The van der Waals surface area contributed by atoms with Crippen LogP contribution < -0.4 is 16.2 Å². The van der Waals surface area contributed by atoms with Crippen LogP contribution in [-0.2, 0) is 17.6 Å². The molecule has 0 bridgehead atoms. The lowest BCUT2D eigenvalue weighted by Crippen LogP contribution is -2.54. The highest BCUT2D eigenvalue weighted by atomic mass is 35.5. The number of pyridine rings is 1. The van der Waals surface area contributed by atoms with E-state index in [2.05, 4.69) is 26.2 Å². The summed E-state index contributed by atoms with van der Waals surface area (Å²) in [7, 11) is 0. The Morgan fingerprint density at radius 3 is 2.71 bits per heavy atom. The molecule has 0 spiro atoms. The highest BCUT2D eigenvalue weighted by Crippen LogP contribution is 2.37. The van der Waals surface area contributed by atoms with Crippen molar-refractivity contribution in [3.05, 3.63) is 99.3 Å². The number of nitrogens with one attached hydrogen (secondary N) is 2. The zero-order valence-electron chi connectivity index (χ0n) is 20.4. The average molecular weight is 530 g/mol. The number of hydrogen-bond donors (Lipinski definition) is 3. The third-order valence-corrected chi connectivity index (χ3v) is 7.43. The molecular weight excluding hydrogens is 506 g/mol. The van der Waals surface area contributed by atoms with E-state index >= 15 is 0 Å². The number of tetrazole rings is 1. The van der Waals surface area contributed by atoms with E-state index in [1.54, 1.807) is 16.8 Å². The molecule has 11 heteroatoms. The Hall–Kier alpha value is -4.44. The van der Waals surface area contributed by atoms with Crippen LogP contribution in [0.1, 0.15) is 36.2 Å². The Morgan fingerprint density at radius 1 is 1.16 bits per heavy atom. The summed E-state index contributed by atoms with van der Waals surface area (Å²) in [5, 5.41) is 28.0. The molecule has 4 heterocycles. The van der Waals surface area contributed by atoms with Crippen molar-refractivity contribution >= 4 is 23.3 Å². The number of carboxylic acids is 1. The van der Waals surface area contributed by atoms with Crippen LogP contribution in [0.25, 0.3) is 22.5 Å². The van der Waals surface area contributed by atoms with Gasteiger partial charge in [0, 0.05) is 28.5 Å². The van der Waals surface area contributed by atoms with E-state index in [0.717, 1.165) is 52.2 Å². The summed E-state index contributed by atoms with van der Waals surface area (Å²) in [5.41, 5.74) is 5.08. The minimum Gasteiger partial charge on any atom is -0.481 e. The molecule has 2 aromatic carbocycles. The maximum absolute atomic E-state index is 13.5. The van der Waals surface area contributed by atoms with E-state index in [4.69, 9.17) is 16.7 Å². The summed E-state index contributed by atoms with van der Waals surface area (Å²) in [6.45, 7) is 2.04. The van der Waals surface area contributed by atoms with Gasteiger partial charge in [0.15, 0.2) is 0 Å². The Labute approximate surface area is 222 Å². The fraction of sp³-hybridized carbons (Fsp3) is 0.222. The van der Waals surface area contributed by atoms with Crippen molar-refractivity contribution in [2.24, 2.45) is 0 Å². The van der Waals surface area contributed by atoms with E-state index in [9.17, 15) is 9.59 Å². The number of carbonyl (C=O) groups is 1. The van der Waals surface area contributed by atoms with Gasteiger partial charge in [-0.15, -0.1) is 5.10 Å². The van der Waals surface area contributed by atoms with Crippen molar-refractivity contribution in [3.8, 4) is 16.8 Å². The molecule has 0 amide bonds. The van der Waals surface area contributed by atoms with Gasteiger partial charge in [0.1, 0.15) is 12.0 Å². The van der Waals surface area contributed by atoms with Crippen LogP contribution in [0.2, 0.25) is 5.02 Å². The number of benzene rings is 2. The number of carboxylic acid groups (broad SMARTS) is 1. The first-order valence-corrected chi connectivity index (χ1v) is 12.5. The number of aromatic nitrogens is 5. The highest BCUT2D eigenvalue weighted by Gasteiger charge is 2.42. The molecule has 0 fully saturated rings. The normalized spacial score (nSPS) is 19.9. The SMILES string of the molecule is CC1(C2CCc3cc(-c4cc(Cl)ccc4-n4cnnn4)cc(=O)n32)NC=C(c2ccc(CC(=O)O)cc2)N1. The van der Waals surface area contributed by atoms with Gasteiger partial charge in [-0.2, -0.15) is 4.68 Å². The van der Waals surface area contributed by atoms with Gasteiger partial charge in [0.2, 0.25) is 0 Å². The molecule has 38 heavy (non-hydrogen) atoms. The highest BCUT2D eigenvalue weighted by molar-refractivity contribution is 6.31. The molecule has 192 valence electrons. The van der Waals surface area contributed by atoms with Gasteiger partial charge in [-0.1, -0.05) is 35.9 Å². The predicted octanol–water partition coefficient (Wildman–Crippen LogP) is 3.17. The van der Waals surface area contributed by atoms with Crippen LogP contribution in [0.5, 0.6) is 0 Å². The molecule has 3 N–H and O–H groups in total. The molecule has 0 radical (unpaired) electrons. The van der Waals surface area contributed by atoms with Crippen LogP contribution in [0.4, 0.5) is 0 Å². The average Bonchev–Trinajstić information content (AvgIpc) is 3.65. The summed E-state index contributed by atoms with van der Waals surface area (Å²) in [5.74, 6) is -0.860. The zero-order valence-corrected chi connectivity index (χ0v) is 21.2. The minimum absolute atomic E-state index is 0.0150. The monoisotopic (exact) mass is 529 g/mol. The zero-order chi connectivity index (χ0) is 26.4. The lowest BCUT2D eigenvalue weighted by Gasteiger charge is -2.35. The third-order valence-electron chi connectivity index (χ3n) is 7.20. The molecule has 2 aliphatic rings. The van der Waals surface area contributed by atoms with Gasteiger partial charge in [-0.05, 0) is 71.1 Å². The maximum atomic E-state index is 13.5. The lowest BCUT2D eigenvalue weighted by molar-refractivity contribution is -0.136. The van der Waals surface area contributed by atoms with Crippen molar-refractivity contribution in [2.45, 2.75) is 37.9 Å². The molecule has 6 rings (SSSR count).